The summed E-state index contributed by atoms with van der Waals surface area (Å²) in [6, 6.07) is 10.8. The van der Waals surface area contributed by atoms with Crippen molar-refractivity contribution >= 4 is 11.0 Å². The second-order valence-electron chi connectivity index (χ2n) is 5.63. The number of nitrogens with two attached hydrogens (primary N) is 1. The van der Waals surface area contributed by atoms with Gasteiger partial charge in [-0.15, -0.1) is 0 Å². The lowest BCUT2D eigenvalue weighted by molar-refractivity contribution is 0.148. The number of para-hydroxylation sites is 1. The number of likely N-dealkylation sites (tertiary alicyclic amines) is 1. The largest absolute Gasteiger partial charge is 0.459 e. The van der Waals surface area contributed by atoms with Crippen molar-refractivity contribution in [3.05, 3.63) is 36.1 Å². The van der Waals surface area contributed by atoms with Crippen molar-refractivity contribution in [1.82, 2.24) is 4.90 Å². The van der Waals surface area contributed by atoms with E-state index in [1.54, 1.807) is 0 Å². The number of hydrogen-bond acceptors (Lipinski definition) is 3. The summed E-state index contributed by atoms with van der Waals surface area (Å²) in [7, 11) is 0. The van der Waals surface area contributed by atoms with Crippen molar-refractivity contribution in [1.29, 1.82) is 0 Å². The molecule has 1 aliphatic heterocycles. The van der Waals surface area contributed by atoms with Gasteiger partial charge in [0.25, 0.3) is 0 Å². The number of rotatable bonds is 3. The third kappa shape index (κ3) is 2.67. The molecular formula is C16H22N2O. The number of hydrogen-bond donors (Lipinski definition) is 1. The Kier molecular flexibility index (Phi) is 3.58. The standard InChI is InChI=1S/C16H22N2O/c1-12-6-4-5-9-18(12)11-14(17)16-10-13-7-2-3-8-15(13)19-16/h2-3,7-8,10,12,14H,4-6,9,11,17H2,1H3. The Hall–Kier alpha value is -1.32. The smallest absolute Gasteiger partial charge is 0.134 e. The fourth-order valence-corrected chi connectivity index (χ4v) is 2.96. The molecular weight excluding hydrogens is 236 g/mol. The van der Waals surface area contributed by atoms with E-state index in [0.29, 0.717) is 6.04 Å². The summed E-state index contributed by atoms with van der Waals surface area (Å²) >= 11 is 0. The van der Waals surface area contributed by atoms with Crippen LogP contribution in [-0.4, -0.2) is 24.0 Å². The minimum Gasteiger partial charge on any atom is -0.459 e. The second kappa shape index (κ2) is 5.35. The first kappa shape index (κ1) is 12.7. The van der Waals surface area contributed by atoms with E-state index in [1.165, 1.54) is 19.3 Å². The van der Waals surface area contributed by atoms with E-state index in [4.69, 9.17) is 10.2 Å². The molecule has 3 nitrogen and oxygen atoms in total. The summed E-state index contributed by atoms with van der Waals surface area (Å²) in [5.74, 6) is 0.902. The summed E-state index contributed by atoms with van der Waals surface area (Å²) in [4.78, 5) is 2.49. The molecule has 0 radical (unpaired) electrons. The van der Waals surface area contributed by atoms with Gasteiger partial charge in [0.1, 0.15) is 11.3 Å². The van der Waals surface area contributed by atoms with E-state index < -0.39 is 0 Å². The zero-order valence-electron chi connectivity index (χ0n) is 11.5. The van der Waals surface area contributed by atoms with Crippen molar-refractivity contribution in [3.63, 3.8) is 0 Å². The minimum absolute atomic E-state index is 0.0343. The highest BCUT2D eigenvalue weighted by molar-refractivity contribution is 5.77. The molecule has 2 atom stereocenters. The minimum atomic E-state index is -0.0343. The van der Waals surface area contributed by atoms with Gasteiger partial charge in [0.15, 0.2) is 0 Å². The Morgan fingerprint density at radius 3 is 3.00 bits per heavy atom. The molecule has 2 heterocycles. The van der Waals surface area contributed by atoms with Crippen LogP contribution >= 0.6 is 0 Å². The molecule has 19 heavy (non-hydrogen) atoms. The van der Waals surface area contributed by atoms with Gasteiger partial charge in [-0.05, 0) is 38.4 Å². The van der Waals surface area contributed by atoms with Crippen molar-refractivity contribution in [2.45, 2.75) is 38.3 Å². The molecule has 1 aromatic carbocycles. The highest BCUT2D eigenvalue weighted by Gasteiger charge is 2.22. The van der Waals surface area contributed by atoms with Crippen LogP contribution in [0.4, 0.5) is 0 Å². The third-order valence-corrected chi connectivity index (χ3v) is 4.18. The maximum Gasteiger partial charge on any atom is 0.134 e. The Morgan fingerprint density at radius 2 is 2.21 bits per heavy atom. The quantitative estimate of drug-likeness (QED) is 0.918. The van der Waals surface area contributed by atoms with Gasteiger partial charge in [0, 0.05) is 18.0 Å². The number of benzene rings is 1. The lowest BCUT2D eigenvalue weighted by Crippen LogP contribution is -2.41. The Bertz CT molecular complexity index is 515. The molecule has 102 valence electrons. The Balaban J connectivity index is 1.74. The zero-order valence-corrected chi connectivity index (χ0v) is 11.5. The van der Waals surface area contributed by atoms with Crippen LogP contribution in [-0.2, 0) is 0 Å². The average Bonchev–Trinajstić information content (AvgIpc) is 2.85. The van der Waals surface area contributed by atoms with Crippen LogP contribution in [0.3, 0.4) is 0 Å². The Morgan fingerprint density at radius 1 is 1.37 bits per heavy atom. The highest BCUT2D eigenvalue weighted by Crippen LogP contribution is 2.25. The zero-order chi connectivity index (χ0) is 13.2. The van der Waals surface area contributed by atoms with Gasteiger partial charge in [-0.3, -0.25) is 4.90 Å². The van der Waals surface area contributed by atoms with Gasteiger partial charge < -0.3 is 10.2 Å². The van der Waals surface area contributed by atoms with Crippen LogP contribution in [0.15, 0.2) is 34.7 Å². The van der Waals surface area contributed by atoms with Gasteiger partial charge in [-0.25, -0.2) is 0 Å². The van der Waals surface area contributed by atoms with E-state index >= 15 is 0 Å². The number of fused-ring (bicyclic) bond motifs is 1. The Labute approximate surface area is 114 Å². The van der Waals surface area contributed by atoms with Crippen molar-refractivity contribution in [2.75, 3.05) is 13.1 Å². The van der Waals surface area contributed by atoms with Crippen molar-refractivity contribution in [3.8, 4) is 0 Å². The normalized spacial score (nSPS) is 22.7. The number of piperidine rings is 1. The van der Waals surface area contributed by atoms with Crippen LogP contribution < -0.4 is 5.73 Å². The fraction of sp³-hybridized carbons (Fsp3) is 0.500. The molecule has 0 aliphatic carbocycles. The summed E-state index contributed by atoms with van der Waals surface area (Å²) < 4.78 is 5.85. The summed E-state index contributed by atoms with van der Waals surface area (Å²) in [6.45, 7) is 4.35. The van der Waals surface area contributed by atoms with E-state index in [-0.39, 0.29) is 6.04 Å². The van der Waals surface area contributed by atoms with Gasteiger partial charge in [0.05, 0.1) is 6.04 Å². The molecule has 1 aromatic heterocycles. The fourth-order valence-electron chi connectivity index (χ4n) is 2.96. The summed E-state index contributed by atoms with van der Waals surface area (Å²) in [6.07, 6.45) is 3.92. The van der Waals surface area contributed by atoms with Crippen LogP contribution in [0.1, 0.15) is 38.0 Å². The molecule has 3 heteroatoms. The lowest BCUT2D eigenvalue weighted by Gasteiger charge is -2.34. The predicted octanol–water partition coefficient (Wildman–Crippen LogP) is 3.31. The molecule has 3 rings (SSSR count). The second-order valence-corrected chi connectivity index (χ2v) is 5.63. The van der Waals surface area contributed by atoms with Crippen LogP contribution in [0, 0.1) is 0 Å². The van der Waals surface area contributed by atoms with E-state index in [1.807, 2.05) is 18.2 Å². The van der Waals surface area contributed by atoms with Crippen molar-refractivity contribution < 1.29 is 4.42 Å². The predicted molar refractivity (Wildman–Crippen MR) is 78.0 cm³/mol. The van der Waals surface area contributed by atoms with E-state index in [2.05, 4.69) is 24.0 Å². The van der Waals surface area contributed by atoms with Gasteiger partial charge in [-0.2, -0.15) is 0 Å². The molecule has 1 fully saturated rings. The van der Waals surface area contributed by atoms with Gasteiger partial charge >= 0.3 is 0 Å². The number of furan rings is 1. The SMILES string of the molecule is CC1CCCCN1CC(N)c1cc2ccccc2o1. The first-order chi connectivity index (χ1) is 9.24. The van der Waals surface area contributed by atoms with E-state index in [0.717, 1.165) is 29.8 Å². The molecule has 0 amide bonds. The molecule has 2 N–H and O–H groups in total. The van der Waals surface area contributed by atoms with Gasteiger partial charge in [0.2, 0.25) is 0 Å². The van der Waals surface area contributed by atoms with Crippen LogP contribution in [0.5, 0.6) is 0 Å². The average molecular weight is 258 g/mol. The van der Waals surface area contributed by atoms with Crippen LogP contribution in [0.2, 0.25) is 0 Å². The first-order valence-electron chi connectivity index (χ1n) is 7.22. The molecule has 1 aliphatic rings. The molecule has 2 aromatic rings. The molecule has 0 bridgehead atoms. The highest BCUT2D eigenvalue weighted by atomic mass is 16.3. The van der Waals surface area contributed by atoms with Crippen LogP contribution in [0.25, 0.3) is 11.0 Å². The molecule has 2 unspecified atom stereocenters. The first-order valence-corrected chi connectivity index (χ1v) is 7.22. The summed E-state index contributed by atoms with van der Waals surface area (Å²) in [5.41, 5.74) is 7.25. The topological polar surface area (TPSA) is 42.4 Å². The lowest BCUT2D eigenvalue weighted by atomic mass is 10.0. The summed E-state index contributed by atoms with van der Waals surface area (Å²) in [5, 5.41) is 1.14. The van der Waals surface area contributed by atoms with Gasteiger partial charge in [-0.1, -0.05) is 24.6 Å². The number of nitrogens with zero attached hydrogens (tertiary/aromatic N) is 1. The maximum atomic E-state index is 6.32. The van der Waals surface area contributed by atoms with Crippen molar-refractivity contribution in [2.24, 2.45) is 5.73 Å². The molecule has 0 saturated carbocycles. The van der Waals surface area contributed by atoms with E-state index in [9.17, 15) is 0 Å². The monoisotopic (exact) mass is 258 g/mol. The maximum absolute atomic E-state index is 6.32. The molecule has 0 spiro atoms. The third-order valence-electron chi connectivity index (χ3n) is 4.18. The molecule has 1 saturated heterocycles.